The topological polar surface area (TPSA) is 32.3 Å². The van der Waals surface area contributed by atoms with Gasteiger partial charge < -0.3 is 10.2 Å². The summed E-state index contributed by atoms with van der Waals surface area (Å²) in [7, 11) is 2.01. The summed E-state index contributed by atoms with van der Waals surface area (Å²) in [6.07, 6.45) is 6.86. The minimum absolute atomic E-state index is 0.0740. The first-order chi connectivity index (χ1) is 8.22. The van der Waals surface area contributed by atoms with E-state index in [1.807, 2.05) is 7.05 Å². The monoisotopic (exact) mass is 238 g/mol. The second-order valence-corrected chi connectivity index (χ2v) is 5.82. The van der Waals surface area contributed by atoms with Gasteiger partial charge in [0.05, 0.1) is 0 Å². The predicted molar refractivity (Wildman–Crippen MR) is 69.8 cm³/mol. The third-order valence-corrected chi connectivity index (χ3v) is 4.43. The Labute approximate surface area is 105 Å². The van der Waals surface area contributed by atoms with Crippen LogP contribution in [0.5, 0.6) is 0 Å². The predicted octanol–water partition coefficient (Wildman–Crippen LogP) is 2.02. The molecule has 2 fully saturated rings. The van der Waals surface area contributed by atoms with E-state index in [2.05, 4.69) is 17.1 Å². The van der Waals surface area contributed by atoms with Gasteiger partial charge in [-0.15, -0.1) is 0 Å². The molecule has 1 heterocycles. The van der Waals surface area contributed by atoms with Crippen LogP contribution < -0.4 is 5.32 Å². The Bertz CT molecular complexity index is 265. The van der Waals surface area contributed by atoms with E-state index in [4.69, 9.17) is 0 Å². The van der Waals surface area contributed by atoms with E-state index in [1.165, 1.54) is 12.8 Å². The van der Waals surface area contributed by atoms with Gasteiger partial charge in [0.1, 0.15) is 0 Å². The largest absolute Gasteiger partial charge is 0.342 e. The number of likely N-dealkylation sites (tertiary alicyclic amines) is 1. The molecule has 1 amide bonds. The van der Waals surface area contributed by atoms with Crippen LogP contribution in [-0.4, -0.2) is 37.5 Å². The number of hydrogen-bond donors (Lipinski definition) is 1. The molecule has 0 radical (unpaired) electrons. The maximum Gasteiger partial charge on any atom is 0.228 e. The molecular formula is C14H26N2O. The summed E-state index contributed by atoms with van der Waals surface area (Å²) in [6, 6.07) is 0. The second-order valence-electron chi connectivity index (χ2n) is 5.82. The van der Waals surface area contributed by atoms with E-state index in [-0.39, 0.29) is 5.41 Å². The Morgan fingerprint density at radius 1 is 1.35 bits per heavy atom. The fraction of sp³-hybridized carbons (Fsp3) is 0.929. The quantitative estimate of drug-likeness (QED) is 0.795. The first kappa shape index (κ1) is 12.9. The van der Waals surface area contributed by atoms with E-state index in [0.29, 0.717) is 5.91 Å². The van der Waals surface area contributed by atoms with E-state index in [9.17, 15) is 4.79 Å². The molecule has 0 spiro atoms. The SMILES string of the molecule is CCCC1(C(=O)N2CCC(CNC)CC2)CC1. The number of nitrogens with zero attached hydrogens (tertiary/aromatic N) is 1. The third kappa shape index (κ3) is 2.82. The number of amides is 1. The highest BCUT2D eigenvalue weighted by molar-refractivity contribution is 5.85. The third-order valence-electron chi connectivity index (χ3n) is 4.43. The Morgan fingerprint density at radius 2 is 2.00 bits per heavy atom. The molecular weight excluding hydrogens is 212 g/mol. The molecule has 0 aromatic carbocycles. The molecule has 98 valence electrons. The van der Waals surface area contributed by atoms with Crippen LogP contribution in [0.2, 0.25) is 0 Å². The average Bonchev–Trinajstić information content (AvgIpc) is 3.11. The molecule has 17 heavy (non-hydrogen) atoms. The van der Waals surface area contributed by atoms with Gasteiger partial charge in [-0.1, -0.05) is 13.3 Å². The van der Waals surface area contributed by atoms with Gasteiger partial charge in [-0.3, -0.25) is 4.79 Å². The number of hydrogen-bond acceptors (Lipinski definition) is 2. The van der Waals surface area contributed by atoms with Crippen LogP contribution in [-0.2, 0) is 4.79 Å². The van der Waals surface area contributed by atoms with Crippen molar-refractivity contribution in [3.63, 3.8) is 0 Å². The van der Waals surface area contributed by atoms with Crippen molar-refractivity contribution in [2.75, 3.05) is 26.7 Å². The Kier molecular flexibility index (Phi) is 4.08. The van der Waals surface area contributed by atoms with Gasteiger partial charge in [-0.05, 0) is 51.6 Å². The molecule has 0 atom stereocenters. The molecule has 1 N–H and O–H groups in total. The molecule has 0 aromatic heterocycles. The average molecular weight is 238 g/mol. The summed E-state index contributed by atoms with van der Waals surface area (Å²) >= 11 is 0. The second kappa shape index (κ2) is 5.38. The van der Waals surface area contributed by atoms with Crippen LogP contribution >= 0.6 is 0 Å². The first-order valence-corrected chi connectivity index (χ1v) is 7.16. The summed E-state index contributed by atoms with van der Waals surface area (Å²) in [5.41, 5.74) is 0.0740. The molecule has 3 heteroatoms. The summed E-state index contributed by atoms with van der Waals surface area (Å²) in [5.74, 6) is 1.23. The molecule has 0 unspecified atom stereocenters. The standard InChI is InChI=1S/C14H26N2O/c1-3-6-14(7-8-14)13(17)16-9-4-12(5-10-16)11-15-2/h12,15H,3-11H2,1-2H3. The van der Waals surface area contributed by atoms with E-state index < -0.39 is 0 Å². The van der Waals surface area contributed by atoms with Crippen molar-refractivity contribution >= 4 is 5.91 Å². The van der Waals surface area contributed by atoms with Crippen LogP contribution in [0, 0.1) is 11.3 Å². The van der Waals surface area contributed by atoms with Gasteiger partial charge in [0.2, 0.25) is 5.91 Å². The van der Waals surface area contributed by atoms with Crippen molar-refractivity contribution in [1.82, 2.24) is 10.2 Å². The summed E-state index contributed by atoms with van der Waals surface area (Å²) < 4.78 is 0. The lowest BCUT2D eigenvalue weighted by Gasteiger charge is -2.34. The van der Waals surface area contributed by atoms with Crippen LogP contribution in [0.4, 0.5) is 0 Å². The van der Waals surface area contributed by atoms with Gasteiger partial charge in [-0.25, -0.2) is 0 Å². The van der Waals surface area contributed by atoms with Crippen molar-refractivity contribution in [1.29, 1.82) is 0 Å². The molecule has 1 aliphatic carbocycles. The zero-order valence-electron chi connectivity index (χ0n) is 11.3. The molecule has 2 rings (SSSR count). The Balaban J connectivity index is 1.82. The summed E-state index contributed by atoms with van der Waals surface area (Å²) in [5, 5.41) is 3.24. The number of carbonyl (C=O) groups excluding carboxylic acids is 1. The van der Waals surface area contributed by atoms with Crippen molar-refractivity contribution in [3.05, 3.63) is 0 Å². The zero-order chi connectivity index (χ0) is 12.3. The molecule has 3 nitrogen and oxygen atoms in total. The van der Waals surface area contributed by atoms with Crippen molar-refractivity contribution in [2.45, 2.75) is 45.4 Å². The molecule has 1 aliphatic heterocycles. The lowest BCUT2D eigenvalue weighted by Crippen LogP contribution is -2.43. The fourth-order valence-electron chi connectivity index (χ4n) is 3.16. The van der Waals surface area contributed by atoms with Gasteiger partial charge in [0, 0.05) is 18.5 Å². The fourth-order valence-corrected chi connectivity index (χ4v) is 3.16. The first-order valence-electron chi connectivity index (χ1n) is 7.16. The molecule has 1 saturated carbocycles. The van der Waals surface area contributed by atoms with Crippen molar-refractivity contribution < 1.29 is 4.79 Å². The lowest BCUT2D eigenvalue weighted by atomic mass is 9.93. The maximum absolute atomic E-state index is 12.4. The van der Waals surface area contributed by atoms with Crippen LogP contribution in [0.25, 0.3) is 0 Å². The summed E-state index contributed by atoms with van der Waals surface area (Å²) in [4.78, 5) is 14.6. The highest BCUT2D eigenvalue weighted by Gasteiger charge is 2.50. The van der Waals surface area contributed by atoms with Crippen LogP contribution in [0.15, 0.2) is 0 Å². The number of rotatable bonds is 5. The van der Waals surface area contributed by atoms with Crippen molar-refractivity contribution in [2.24, 2.45) is 11.3 Å². The van der Waals surface area contributed by atoms with E-state index in [0.717, 1.165) is 51.2 Å². The molecule has 0 bridgehead atoms. The Morgan fingerprint density at radius 3 is 2.47 bits per heavy atom. The molecule has 2 aliphatic rings. The Hall–Kier alpha value is -0.570. The minimum Gasteiger partial charge on any atom is -0.342 e. The minimum atomic E-state index is 0.0740. The number of piperidine rings is 1. The van der Waals surface area contributed by atoms with E-state index >= 15 is 0 Å². The number of carbonyl (C=O) groups is 1. The van der Waals surface area contributed by atoms with Gasteiger partial charge in [0.25, 0.3) is 0 Å². The number of nitrogens with one attached hydrogen (secondary N) is 1. The molecule has 1 saturated heterocycles. The van der Waals surface area contributed by atoms with Gasteiger partial charge >= 0.3 is 0 Å². The summed E-state index contributed by atoms with van der Waals surface area (Å²) in [6.45, 7) is 5.25. The normalized spacial score (nSPS) is 23.8. The lowest BCUT2D eigenvalue weighted by molar-refractivity contribution is -0.138. The molecule has 0 aromatic rings. The van der Waals surface area contributed by atoms with Crippen LogP contribution in [0.3, 0.4) is 0 Å². The van der Waals surface area contributed by atoms with Crippen LogP contribution in [0.1, 0.15) is 45.4 Å². The van der Waals surface area contributed by atoms with Crippen molar-refractivity contribution in [3.8, 4) is 0 Å². The highest BCUT2D eigenvalue weighted by atomic mass is 16.2. The van der Waals surface area contributed by atoms with Gasteiger partial charge in [0.15, 0.2) is 0 Å². The zero-order valence-corrected chi connectivity index (χ0v) is 11.3. The smallest absolute Gasteiger partial charge is 0.228 e. The van der Waals surface area contributed by atoms with E-state index in [1.54, 1.807) is 0 Å². The van der Waals surface area contributed by atoms with Gasteiger partial charge in [-0.2, -0.15) is 0 Å². The highest BCUT2D eigenvalue weighted by Crippen LogP contribution is 2.51. The maximum atomic E-state index is 12.4.